The van der Waals surface area contributed by atoms with E-state index in [1.54, 1.807) is 12.1 Å². The number of halogens is 2. The first-order valence-electron chi connectivity index (χ1n) is 9.76. The summed E-state index contributed by atoms with van der Waals surface area (Å²) in [4.78, 5) is 21.6. The van der Waals surface area contributed by atoms with Gasteiger partial charge in [-0.1, -0.05) is 86.7 Å². The minimum atomic E-state index is -1.64. The quantitative estimate of drug-likeness (QED) is 0.253. The molecule has 1 aromatic rings. The van der Waals surface area contributed by atoms with E-state index in [-0.39, 0.29) is 0 Å². The zero-order valence-corrected chi connectivity index (χ0v) is 17.3. The lowest BCUT2D eigenvalue weighted by atomic mass is 10.0. The largest absolute Gasteiger partial charge is 0.479 e. The lowest BCUT2D eigenvalue weighted by molar-refractivity contribution is -0.138. The van der Waals surface area contributed by atoms with Crippen molar-refractivity contribution in [3.8, 4) is 0 Å². The minimum Gasteiger partial charge on any atom is -0.479 e. The molecule has 0 saturated heterocycles. The minimum absolute atomic E-state index is 0.296. The molecule has 2 N–H and O–H groups in total. The van der Waals surface area contributed by atoms with Crippen LogP contribution in [0.3, 0.4) is 0 Å². The summed E-state index contributed by atoms with van der Waals surface area (Å²) in [6.45, 7) is 0. The molecular weight excluding hydrogens is 387 g/mol. The number of carbonyl (C=O) groups is 2. The van der Waals surface area contributed by atoms with Gasteiger partial charge < -0.3 is 10.2 Å². The number of aryl methyl sites for hydroxylation is 1. The van der Waals surface area contributed by atoms with Crippen LogP contribution in [0.5, 0.6) is 0 Å². The van der Waals surface area contributed by atoms with Crippen LogP contribution in [0.15, 0.2) is 24.3 Å². The highest BCUT2D eigenvalue weighted by molar-refractivity contribution is 6.57. The average molecular weight is 417 g/mol. The van der Waals surface area contributed by atoms with Gasteiger partial charge in [-0.3, -0.25) is 0 Å². The second-order valence-corrected chi connectivity index (χ2v) is 8.53. The summed E-state index contributed by atoms with van der Waals surface area (Å²) in [5.41, 5.74) is 1.53. The Morgan fingerprint density at radius 3 is 1.63 bits per heavy atom. The molecule has 0 unspecified atom stereocenters. The van der Waals surface area contributed by atoms with Gasteiger partial charge in [-0.2, -0.15) is 0 Å². The predicted octanol–water partition coefficient (Wildman–Crippen LogP) is 6.48. The fourth-order valence-electron chi connectivity index (χ4n) is 3.01. The molecular formula is C21H30Cl2O4. The van der Waals surface area contributed by atoms with Crippen molar-refractivity contribution < 1.29 is 19.8 Å². The molecule has 0 spiro atoms. The number of carboxylic acid groups (broad SMARTS) is 2. The van der Waals surface area contributed by atoms with Crippen LogP contribution in [0.2, 0.25) is 0 Å². The first-order valence-corrected chi connectivity index (χ1v) is 10.5. The Morgan fingerprint density at radius 2 is 1.19 bits per heavy atom. The van der Waals surface area contributed by atoms with Crippen LogP contribution in [-0.2, 0) is 11.2 Å². The molecule has 6 heteroatoms. The maximum absolute atomic E-state index is 10.8. The normalized spacial score (nSPS) is 11.5. The summed E-state index contributed by atoms with van der Waals surface area (Å²) in [5.74, 6) is -2.05. The van der Waals surface area contributed by atoms with Crippen molar-refractivity contribution in [3.63, 3.8) is 0 Å². The summed E-state index contributed by atoms with van der Waals surface area (Å²) >= 11 is 11.4. The van der Waals surface area contributed by atoms with Crippen LogP contribution in [0.1, 0.15) is 86.6 Å². The van der Waals surface area contributed by atoms with Gasteiger partial charge in [0.05, 0.1) is 5.56 Å². The lowest BCUT2D eigenvalue weighted by Crippen LogP contribution is -2.25. The predicted molar refractivity (Wildman–Crippen MR) is 110 cm³/mol. The smallest absolute Gasteiger partial charge is 0.340 e. The van der Waals surface area contributed by atoms with E-state index < -0.39 is 16.3 Å². The zero-order chi connectivity index (χ0) is 20.1. The number of carboxylic acids is 2. The first-order chi connectivity index (χ1) is 12.8. The lowest BCUT2D eigenvalue weighted by Gasteiger charge is -2.13. The maximum atomic E-state index is 10.8. The molecule has 0 bridgehead atoms. The molecule has 0 aliphatic rings. The first kappa shape index (κ1) is 23.8. The summed E-state index contributed by atoms with van der Waals surface area (Å²) in [7, 11) is 0. The molecule has 27 heavy (non-hydrogen) atoms. The Balaban J connectivity index is 1.92. The van der Waals surface area contributed by atoms with Gasteiger partial charge >= 0.3 is 11.9 Å². The standard InChI is InChI=1S/C21H30Cl2O4/c22-21(23,20(26)27)16-10-8-6-4-2-1-3-5-7-9-11-17-12-14-18(15-13-17)19(24)25/h12-15H,1-11,16H2,(H,24,25)(H,26,27). The third-order valence-corrected chi connectivity index (χ3v) is 5.42. The van der Waals surface area contributed by atoms with Crippen LogP contribution in [0, 0.1) is 0 Å². The Hall–Kier alpha value is -1.26. The van der Waals surface area contributed by atoms with Gasteiger partial charge in [0.2, 0.25) is 4.33 Å². The van der Waals surface area contributed by atoms with Crippen LogP contribution >= 0.6 is 23.2 Å². The molecule has 0 amide bonds. The highest BCUT2D eigenvalue weighted by atomic mass is 35.5. The van der Waals surface area contributed by atoms with Crippen molar-refractivity contribution in [1.82, 2.24) is 0 Å². The molecule has 4 nitrogen and oxygen atoms in total. The summed E-state index contributed by atoms with van der Waals surface area (Å²) < 4.78 is -1.64. The fraction of sp³-hybridized carbons (Fsp3) is 0.619. The summed E-state index contributed by atoms with van der Waals surface area (Å²) in [5, 5.41) is 17.7. The molecule has 0 fully saturated rings. The number of unbranched alkanes of at least 4 members (excludes halogenated alkanes) is 9. The molecule has 152 valence electrons. The second kappa shape index (κ2) is 13.0. The number of aromatic carboxylic acids is 1. The number of benzene rings is 1. The molecule has 0 atom stereocenters. The number of hydrogen-bond acceptors (Lipinski definition) is 2. The Labute approximate surface area is 171 Å². The van der Waals surface area contributed by atoms with Gasteiger partial charge in [0.15, 0.2) is 0 Å². The van der Waals surface area contributed by atoms with Crippen LogP contribution in [0.4, 0.5) is 0 Å². The number of hydrogen-bond donors (Lipinski definition) is 2. The van der Waals surface area contributed by atoms with Gasteiger partial charge in [-0.05, 0) is 43.4 Å². The van der Waals surface area contributed by atoms with Gasteiger partial charge in [0.25, 0.3) is 0 Å². The van der Waals surface area contributed by atoms with E-state index >= 15 is 0 Å². The van der Waals surface area contributed by atoms with E-state index in [1.807, 2.05) is 12.1 Å². The molecule has 0 saturated carbocycles. The number of alkyl halides is 2. The molecule has 0 aromatic heterocycles. The van der Waals surface area contributed by atoms with Crippen molar-refractivity contribution >= 4 is 35.1 Å². The number of aliphatic carboxylic acids is 1. The highest BCUT2D eigenvalue weighted by Crippen LogP contribution is 2.28. The van der Waals surface area contributed by atoms with Crippen LogP contribution < -0.4 is 0 Å². The van der Waals surface area contributed by atoms with Crippen molar-refractivity contribution in [1.29, 1.82) is 0 Å². The Bertz CT molecular complexity index is 570. The SMILES string of the molecule is O=C(O)c1ccc(CCCCCCCCCCCCC(Cl)(Cl)C(=O)O)cc1. The Morgan fingerprint density at radius 1 is 0.741 bits per heavy atom. The highest BCUT2D eigenvalue weighted by Gasteiger charge is 2.32. The molecule has 0 aliphatic heterocycles. The third kappa shape index (κ3) is 10.6. The van der Waals surface area contributed by atoms with E-state index in [0.717, 1.165) is 32.1 Å². The maximum Gasteiger partial charge on any atom is 0.340 e. The second-order valence-electron chi connectivity index (χ2n) is 7.05. The van der Waals surface area contributed by atoms with E-state index in [4.69, 9.17) is 33.4 Å². The van der Waals surface area contributed by atoms with E-state index in [0.29, 0.717) is 12.0 Å². The molecule has 1 aromatic carbocycles. The van der Waals surface area contributed by atoms with E-state index in [2.05, 4.69) is 0 Å². The van der Waals surface area contributed by atoms with Crippen LogP contribution in [0.25, 0.3) is 0 Å². The number of rotatable bonds is 15. The topological polar surface area (TPSA) is 74.6 Å². The fourth-order valence-corrected chi connectivity index (χ4v) is 3.28. The van der Waals surface area contributed by atoms with Gasteiger partial charge in [0.1, 0.15) is 0 Å². The third-order valence-electron chi connectivity index (χ3n) is 4.72. The monoisotopic (exact) mass is 416 g/mol. The molecule has 0 radical (unpaired) electrons. The summed E-state index contributed by atoms with van der Waals surface area (Å²) in [6.07, 6.45) is 12.5. The molecule has 1 rings (SSSR count). The van der Waals surface area contributed by atoms with Gasteiger partial charge in [-0.25, -0.2) is 9.59 Å². The van der Waals surface area contributed by atoms with Crippen molar-refractivity contribution in [2.45, 2.75) is 81.4 Å². The van der Waals surface area contributed by atoms with E-state index in [9.17, 15) is 9.59 Å². The van der Waals surface area contributed by atoms with Crippen molar-refractivity contribution in [2.24, 2.45) is 0 Å². The van der Waals surface area contributed by atoms with Crippen LogP contribution in [-0.4, -0.2) is 26.5 Å². The molecule has 0 aliphatic carbocycles. The van der Waals surface area contributed by atoms with Gasteiger partial charge in [-0.15, -0.1) is 0 Å². The molecule has 0 heterocycles. The summed E-state index contributed by atoms with van der Waals surface area (Å²) in [6, 6.07) is 7.13. The van der Waals surface area contributed by atoms with Gasteiger partial charge in [0, 0.05) is 0 Å². The average Bonchev–Trinajstić information content (AvgIpc) is 2.62. The van der Waals surface area contributed by atoms with E-state index in [1.165, 1.54) is 44.1 Å². The van der Waals surface area contributed by atoms with Crippen molar-refractivity contribution in [3.05, 3.63) is 35.4 Å². The van der Waals surface area contributed by atoms with Crippen molar-refractivity contribution in [2.75, 3.05) is 0 Å². The Kier molecular flexibility index (Phi) is 11.5. The zero-order valence-electron chi connectivity index (χ0n) is 15.8.